The molecule has 0 aromatic heterocycles. The molecule has 0 aromatic carbocycles. The second-order valence-electron chi connectivity index (χ2n) is 0.493. The van der Waals surface area contributed by atoms with Gasteiger partial charge in [-0.1, -0.05) is 0 Å². The van der Waals surface area contributed by atoms with Gasteiger partial charge in [-0.3, -0.25) is 0 Å². The minimum absolute atomic E-state index is 0. The van der Waals surface area contributed by atoms with Crippen molar-refractivity contribution >= 4 is 10.3 Å². The summed E-state index contributed by atoms with van der Waals surface area (Å²) >= 11 is 0. The molecule has 0 bridgehead atoms. The van der Waals surface area contributed by atoms with Crippen LogP contribution in [-0.4, -0.2) is 13.0 Å². The molecule has 0 fully saturated rings. The molecule has 4 nitrogen and oxygen atoms in total. The van der Waals surface area contributed by atoms with Crippen molar-refractivity contribution in [2.24, 2.45) is 5.14 Å². The first-order chi connectivity index (χ1) is 2.00. The van der Waals surface area contributed by atoms with Crippen molar-refractivity contribution in [2.45, 2.75) is 0 Å². The fraction of sp³-hybridized carbons (Fsp3) is 0. The van der Waals surface area contributed by atoms with E-state index >= 15 is 0 Å². The Kier molecular flexibility index (Phi) is 4.08. The molecule has 2 N–H and O–H groups in total. The third-order valence-electron chi connectivity index (χ3n) is 0. The van der Waals surface area contributed by atoms with Gasteiger partial charge in [0.2, 0.25) is 0 Å². The van der Waals surface area contributed by atoms with Crippen LogP contribution in [0.2, 0.25) is 0 Å². The Hall–Kier alpha value is 0.389. The van der Waals surface area contributed by atoms with Gasteiger partial charge in [0.05, 0.1) is 0 Å². The normalized spacial score (nSPS) is 9.67. The van der Waals surface area contributed by atoms with E-state index in [-0.39, 0.29) is 17.1 Å². The van der Waals surface area contributed by atoms with E-state index in [2.05, 4.69) is 5.14 Å². The average Bonchev–Trinajstić information content (AvgIpc) is 0.722. The summed E-state index contributed by atoms with van der Waals surface area (Å²) in [5, 5.41) is 3.77. The molecular formula is H2CuNO3S. The molecule has 0 aliphatic rings. The van der Waals surface area contributed by atoms with Crippen LogP contribution in [0.1, 0.15) is 0 Å². The summed E-state index contributed by atoms with van der Waals surface area (Å²) in [7, 11) is -4.42. The van der Waals surface area contributed by atoms with Crippen LogP contribution in [0.5, 0.6) is 0 Å². The molecule has 0 atom stereocenters. The standard InChI is InChI=1S/Cu.H3NO3S/c;1-5(2,3)4/h;(H3,1,2,3,4)/q+1;/p-1. The molecule has 6 heteroatoms. The van der Waals surface area contributed by atoms with Crippen LogP contribution in [0.4, 0.5) is 0 Å². The van der Waals surface area contributed by atoms with Crippen LogP contribution in [0, 0.1) is 0 Å². The first-order valence-electron chi connectivity index (χ1n) is 0.736. The molecule has 0 rings (SSSR count). The van der Waals surface area contributed by atoms with E-state index in [9.17, 15) is 0 Å². The van der Waals surface area contributed by atoms with Gasteiger partial charge in [0, 0.05) is 0 Å². The predicted octanol–water partition coefficient (Wildman–Crippen LogP) is -1.60. The van der Waals surface area contributed by atoms with E-state index in [1.807, 2.05) is 0 Å². The minimum atomic E-state index is -4.42. The molecular weight excluding hydrogens is 158 g/mol. The Labute approximate surface area is 46.1 Å². The number of hydrogen-bond acceptors (Lipinski definition) is 3. The second kappa shape index (κ2) is 2.54. The summed E-state index contributed by atoms with van der Waals surface area (Å²) in [6.07, 6.45) is 0. The number of hydrogen-bond donors (Lipinski definition) is 1. The van der Waals surface area contributed by atoms with Gasteiger partial charge in [-0.2, -0.15) is 0 Å². The molecule has 0 aliphatic heterocycles. The van der Waals surface area contributed by atoms with Gasteiger partial charge < -0.3 is 4.55 Å². The largest absolute Gasteiger partial charge is 1.00 e. The van der Waals surface area contributed by atoms with E-state index in [4.69, 9.17) is 13.0 Å². The van der Waals surface area contributed by atoms with Crippen LogP contribution >= 0.6 is 0 Å². The molecule has 42 valence electrons. The maximum Gasteiger partial charge on any atom is 1.00 e. The third kappa shape index (κ3) is 332. The summed E-state index contributed by atoms with van der Waals surface area (Å²) in [5.41, 5.74) is 0. The zero-order valence-corrected chi connectivity index (χ0v) is 4.27. The second-order valence-corrected chi connectivity index (χ2v) is 1.48. The smallest absolute Gasteiger partial charge is 0.736 e. The zero-order valence-electron chi connectivity index (χ0n) is 2.51. The van der Waals surface area contributed by atoms with Crippen LogP contribution in [0.15, 0.2) is 0 Å². The summed E-state index contributed by atoms with van der Waals surface area (Å²) < 4.78 is 26.6. The van der Waals surface area contributed by atoms with Crippen molar-refractivity contribution in [1.29, 1.82) is 0 Å². The predicted molar refractivity (Wildman–Crippen MR) is 13.9 cm³/mol. The van der Waals surface area contributed by atoms with Gasteiger partial charge >= 0.3 is 17.1 Å². The fourth-order valence-electron chi connectivity index (χ4n) is 0. The number of rotatable bonds is 0. The van der Waals surface area contributed by atoms with E-state index in [1.165, 1.54) is 0 Å². The van der Waals surface area contributed by atoms with Gasteiger partial charge in [0.25, 0.3) is 0 Å². The first kappa shape index (κ1) is 9.63. The van der Waals surface area contributed by atoms with E-state index in [0.29, 0.717) is 0 Å². The molecule has 0 saturated heterocycles. The van der Waals surface area contributed by atoms with Crippen molar-refractivity contribution in [3.63, 3.8) is 0 Å². The summed E-state index contributed by atoms with van der Waals surface area (Å²) in [6.45, 7) is 0. The molecule has 0 unspecified atom stereocenters. The molecule has 0 amide bonds. The maximum atomic E-state index is 8.85. The zero-order chi connectivity index (χ0) is 4.50. The topological polar surface area (TPSA) is 83.2 Å². The molecule has 0 saturated carbocycles. The Balaban J connectivity index is 0. The van der Waals surface area contributed by atoms with Gasteiger partial charge in [-0.15, -0.1) is 0 Å². The summed E-state index contributed by atoms with van der Waals surface area (Å²) in [6, 6.07) is 0. The van der Waals surface area contributed by atoms with E-state index in [0.717, 1.165) is 0 Å². The summed E-state index contributed by atoms with van der Waals surface area (Å²) in [5.74, 6) is 0. The van der Waals surface area contributed by atoms with Crippen molar-refractivity contribution in [3.8, 4) is 0 Å². The molecule has 0 spiro atoms. The quantitative estimate of drug-likeness (QED) is 0.342. The van der Waals surface area contributed by atoms with Crippen molar-refractivity contribution < 1.29 is 30.0 Å². The monoisotopic (exact) mass is 159 g/mol. The summed E-state index contributed by atoms with van der Waals surface area (Å²) in [4.78, 5) is 0. The maximum absolute atomic E-state index is 8.85. The number of nitrogens with two attached hydrogens (primary N) is 1. The van der Waals surface area contributed by atoms with Crippen LogP contribution < -0.4 is 5.14 Å². The SMILES string of the molecule is NS(=O)(=O)[O-].[Cu+]. The molecule has 0 aromatic rings. The molecule has 0 radical (unpaired) electrons. The van der Waals surface area contributed by atoms with Gasteiger partial charge in [-0.25, -0.2) is 13.6 Å². The Bertz CT molecular complexity index is 94.0. The fourth-order valence-corrected chi connectivity index (χ4v) is 0. The Morgan fingerprint density at radius 3 is 1.50 bits per heavy atom. The average molecular weight is 160 g/mol. The van der Waals surface area contributed by atoms with Gasteiger partial charge in [0.1, 0.15) is 0 Å². The molecule has 6 heavy (non-hydrogen) atoms. The van der Waals surface area contributed by atoms with Crippen molar-refractivity contribution in [1.82, 2.24) is 0 Å². The van der Waals surface area contributed by atoms with Gasteiger partial charge in [0.15, 0.2) is 10.3 Å². The van der Waals surface area contributed by atoms with Crippen LogP contribution in [0.3, 0.4) is 0 Å². The molecule has 0 aliphatic carbocycles. The van der Waals surface area contributed by atoms with Crippen molar-refractivity contribution in [3.05, 3.63) is 0 Å². The van der Waals surface area contributed by atoms with Crippen molar-refractivity contribution in [2.75, 3.05) is 0 Å². The van der Waals surface area contributed by atoms with Gasteiger partial charge in [-0.05, 0) is 0 Å². The molecule has 0 heterocycles. The first-order valence-corrected chi connectivity index (χ1v) is 2.21. The van der Waals surface area contributed by atoms with E-state index < -0.39 is 10.3 Å². The van der Waals surface area contributed by atoms with Crippen LogP contribution in [-0.2, 0) is 27.4 Å². The third-order valence-corrected chi connectivity index (χ3v) is 0. The minimum Gasteiger partial charge on any atom is -0.736 e. The van der Waals surface area contributed by atoms with Crippen LogP contribution in [0.25, 0.3) is 0 Å². The van der Waals surface area contributed by atoms with E-state index in [1.54, 1.807) is 0 Å². The Morgan fingerprint density at radius 1 is 1.50 bits per heavy atom. The Morgan fingerprint density at radius 2 is 1.50 bits per heavy atom.